The van der Waals surface area contributed by atoms with Gasteiger partial charge in [0, 0.05) is 129 Å². The van der Waals surface area contributed by atoms with Crippen molar-refractivity contribution in [1.29, 1.82) is 5.26 Å². The summed E-state index contributed by atoms with van der Waals surface area (Å²) in [7, 11) is 1.79. The molecule has 378 valence electrons. The Bertz CT molecular complexity index is 2950. The van der Waals surface area contributed by atoms with Gasteiger partial charge in [-0.05, 0) is 92.3 Å². The number of fused-ring (bicyclic) bond motifs is 2. The normalized spacial score (nSPS) is 22.5. The van der Waals surface area contributed by atoms with E-state index < -0.39 is 17.3 Å². The van der Waals surface area contributed by atoms with Gasteiger partial charge in [0.05, 0.1) is 34.9 Å². The molecule has 2 amide bonds. The first-order chi connectivity index (χ1) is 34.4. The van der Waals surface area contributed by atoms with Crippen LogP contribution in [0.4, 0.5) is 26.2 Å². The van der Waals surface area contributed by atoms with Gasteiger partial charge in [-0.15, -0.1) is 0 Å². The molecule has 2 saturated carbocycles. The van der Waals surface area contributed by atoms with Crippen molar-refractivity contribution in [2.24, 2.45) is 23.3 Å². The van der Waals surface area contributed by atoms with Crippen LogP contribution in [-0.2, 0) is 31.2 Å². The van der Waals surface area contributed by atoms with Gasteiger partial charge in [0.25, 0.3) is 12.3 Å². The van der Waals surface area contributed by atoms with Crippen LogP contribution in [0.15, 0.2) is 55.1 Å². The van der Waals surface area contributed by atoms with E-state index in [0.29, 0.717) is 71.1 Å². The van der Waals surface area contributed by atoms with Crippen LogP contribution in [0.3, 0.4) is 0 Å². The molecule has 0 bridgehead atoms. The van der Waals surface area contributed by atoms with Crippen molar-refractivity contribution in [3.8, 4) is 22.9 Å². The minimum absolute atomic E-state index is 0.0107. The van der Waals surface area contributed by atoms with E-state index in [0.717, 1.165) is 93.8 Å². The fourth-order valence-corrected chi connectivity index (χ4v) is 13.7. The quantitative estimate of drug-likeness (QED) is 0.143. The van der Waals surface area contributed by atoms with E-state index in [-0.39, 0.29) is 41.0 Å². The third-order valence-corrected chi connectivity index (χ3v) is 17.5. The van der Waals surface area contributed by atoms with E-state index in [1.54, 1.807) is 67.7 Å². The van der Waals surface area contributed by atoms with Crippen LogP contribution < -0.4 is 19.9 Å². The summed E-state index contributed by atoms with van der Waals surface area (Å²) in [5, 5.41) is 22.5. The molecule has 4 aliphatic heterocycles. The van der Waals surface area contributed by atoms with Crippen molar-refractivity contribution in [2.45, 2.75) is 123 Å². The monoisotopic (exact) mass is 1000 g/mol. The lowest BCUT2D eigenvalue weighted by atomic mass is 9.49. The summed E-state index contributed by atoms with van der Waals surface area (Å²) >= 11 is 6.28. The minimum Gasteiger partial charge on any atom is -0.489 e. The summed E-state index contributed by atoms with van der Waals surface area (Å²) in [5.74, 6) is 1.80. The number of nitriles is 1. The van der Waals surface area contributed by atoms with Crippen LogP contribution in [0.25, 0.3) is 11.1 Å². The Hall–Kier alpha value is -6.12. The zero-order valence-electron chi connectivity index (χ0n) is 42.0. The molecule has 1 N–H and O–H groups in total. The molecular weight excluding hydrogens is 938 g/mol. The van der Waals surface area contributed by atoms with Crippen LogP contribution in [0, 0.1) is 27.6 Å². The fraction of sp³-hybridized carbons (Fsp3) is 0.537. The predicted molar refractivity (Wildman–Crippen MR) is 270 cm³/mol. The second-order valence-corrected chi connectivity index (χ2v) is 22.9. The number of benzene rings is 2. The van der Waals surface area contributed by atoms with Crippen molar-refractivity contribution in [3.63, 3.8) is 0 Å². The summed E-state index contributed by atoms with van der Waals surface area (Å²) in [6.45, 7) is 15.5. The Balaban J connectivity index is 0.714. The van der Waals surface area contributed by atoms with Crippen LogP contribution in [0.2, 0.25) is 5.02 Å². The minimum atomic E-state index is -2.66. The number of carbonyl (C=O) groups excluding carboxylic acids is 2. The number of carbonyl (C=O) groups is 2. The summed E-state index contributed by atoms with van der Waals surface area (Å²) in [4.78, 5) is 44.5. The van der Waals surface area contributed by atoms with Gasteiger partial charge >= 0.3 is 0 Å². The summed E-state index contributed by atoms with van der Waals surface area (Å²) < 4.78 is 39.9. The molecule has 0 unspecified atom stereocenters. The number of aryl methyl sites for hydroxylation is 2. The molecule has 5 aromatic rings. The predicted octanol–water partition coefficient (Wildman–Crippen LogP) is 8.83. The fourth-order valence-electron chi connectivity index (χ4n) is 13.5. The van der Waals surface area contributed by atoms with E-state index in [1.807, 2.05) is 11.0 Å². The second kappa shape index (κ2) is 18.1. The number of hydrogen-bond donors (Lipinski definition) is 1. The van der Waals surface area contributed by atoms with Crippen molar-refractivity contribution < 1.29 is 23.1 Å². The lowest BCUT2D eigenvalue weighted by Gasteiger charge is -2.63. The Labute approximate surface area is 424 Å². The molecule has 72 heavy (non-hydrogen) atoms. The Morgan fingerprint density at radius 2 is 1.71 bits per heavy atom. The van der Waals surface area contributed by atoms with Crippen molar-refractivity contribution in [2.75, 3.05) is 49.1 Å². The lowest BCUT2D eigenvalue weighted by Crippen LogP contribution is -2.74. The molecule has 15 nitrogen and oxygen atoms in total. The molecule has 2 saturated heterocycles. The molecule has 3 aromatic heterocycles. The standard InChI is InChI=1S/C54H63ClF2N12O3/c1-32(70)65-18-13-44-42(30-65)47(68-17-7-8-33-20-40(36-26-61-64(6)27-36)41(46(56)57)22-45(33)68)63-69(44)37-11-14-54(15-12-37)16-19-66(31-54)38-28-67(29-38)51-59-24-35(25-60-51)48(71)62-49-52(2,3)50(53(49,4)5)72-39-10-9-34(23-58)43(55)21-39/h9-10,20-22,24-27,37-38,46,49-50H,7-8,11-19,28-31H2,1-6H3,(H,62,71). The lowest BCUT2D eigenvalue weighted by molar-refractivity contribution is -0.164. The average molecular weight is 1000 g/mol. The summed E-state index contributed by atoms with van der Waals surface area (Å²) in [6.07, 6.45) is 11.6. The first-order valence-corrected chi connectivity index (χ1v) is 25.9. The highest BCUT2D eigenvalue weighted by Gasteiger charge is 2.64. The number of anilines is 3. The highest BCUT2D eigenvalue weighted by atomic mass is 35.5. The number of ether oxygens (including phenoxy) is 1. The number of alkyl halides is 2. The number of halogens is 3. The van der Waals surface area contributed by atoms with Crippen LogP contribution in [-0.4, -0.2) is 109 Å². The molecule has 2 aliphatic carbocycles. The third kappa shape index (κ3) is 8.35. The molecule has 2 aromatic carbocycles. The first-order valence-electron chi connectivity index (χ1n) is 25.5. The summed E-state index contributed by atoms with van der Waals surface area (Å²) in [6, 6.07) is 11.2. The SMILES string of the molecule is CC(=O)N1CCc2c(c(N3CCCc4cc(-c5cnn(C)c5)c(C(F)F)cc43)nn2C2CCC3(CC2)CCN(C2CN(c4ncc(C(=O)NC5C(C)(C)C(Oc6ccc(C#N)c(Cl)c6)C5(C)C)cn4)C2)C3)C1. The zero-order chi connectivity index (χ0) is 50.4. The maximum absolute atomic E-state index is 14.8. The maximum atomic E-state index is 14.8. The molecule has 4 fully saturated rings. The molecular formula is C54H63ClF2N12O3. The molecule has 1 spiro atoms. The van der Waals surface area contributed by atoms with Crippen LogP contribution in [0.1, 0.15) is 124 Å². The maximum Gasteiger partial charge on any atom is 0.264 e. The molecule has 7 heterocycles. The van der Waals surface area contributed by atoms with Gasteiger partial charge < -0.3 is 24.8 Å². The van der Waals surface area contributed by atoms with E-state index in [1.165, 1.54) is 5.69 Å². The van der Waals surface area contributed by atoms with Gasteiger partial charge in [-0.3, -0.25) is 23.9 Å². The number of aromatic nitrogens is 6. The van der Waals surface area contributed by atoms with Crippen LogP contribution in [0.5, 0.6) is 5.75 Å². The summed E-state index contributed by atoms with van der Waals surface area (Å²) in [5.41, 5.74) is 5.45. The molecule has 18 heteroatoms. The van der Waals surface area contributed by atoms with Gasteiger partial charge in [0.2, 0.25) is 11.9 Å². The topological polar surface area (TPSA) is 154 Å². The molecule has 6 aliphatic rings. The highest BCUT2D eigenvalue weighted by Crippen LogP contribution is 2.56. The van der Waals surface area contributed by atoms with E-state index in [4.69, 9.17) is 21.4 Å². The first kappa shape index (κ1) is 48.2. The zero-order valence-corrected chi connectivity index (χ0v) is 42.7. The van der Waals surface area contributed by atoms with Crippen molar-refractivity contribution >= 4 is 40.9 Å². The molecule has 0 atom stereocenters. The van der Waals surface area contributed by atoms with Crippen molar-refractivity contribution in [3.05, 3.63) is 93.7 Å². The number of amides is 2. The van der Waals surface area contributed by atoms with Gasteiger partial charge in [0.15, 0.2) is 5.82 Å². The Kier molecular flexibility index (Phi) is 12.1. The highest BCUT2D eigenvalue weighted by molar-refractivity contribution is 6.31. The van der Waals surface area contributed by atoms with Gasteiger partial charge in [-0.25, -0.2) is 18.7 Å². The number of likely N-dealkylation sites (tertiary alicyclic amines) is 1. The van der Waals surface area contributed by atoms with E-state index in [9.17, 15) is 23.6 Å². The number of hydrogen-bond acceptors (Lipinski definition) is 11. The third-order valence-electron chi connectivity index (χ3n) is 17.2. The number of nitrogens with one attached hydrogen (secondary N) is 1. The number of rotatable bonds is 10. The smallest absolute Gasteiger partial charge is 0.264 e. The van der Waals surface area contributed by atoms with Gasteiger partial charge in [-0.2, -0.15) is 15.5 Å². The molecule has 11 rings (SSSR count). The van der Waals surface area contributed by atoms with Gasteiger partial charge in [-0.1, -0.05) is 39.3 Å². The van der Waals surface area contributed by atoms with Crippen LogP contribution >= 0.6 is 11.6 Å². The second-order valence-electron chi connectivity index (χ2n) is 22.5. The number of nitrogens with zero attached hydrogens (tertiary/aromatic N) is 11. The average Bonchev–Trinajstić information content (AvgIpc) is 4.08. The Morgan fingerprint density at radius 1 is 0.958 bits per heavy atom. The largest absolute Gasteiger partial charge is 0.489 e. The van der Waals surface area contributed by atoms with Gasteiger partial charge in [0.1, 0.15) is 17.9 Å². The molecule has 0 radical (unpaired) electrons. The van der Waals surface area contributed by atoms with E-state index >= 15 is 0 Å². The van der Waals surface area contributed by atoms with E-state index in [2.05, 4.69) is 73.5 Å². The Morgan fingerprint density at radius 3 is 2.38 bits per heavy atom. The van der Waals surface area contributed by atoms with Crippen molar-refractivity contribution in [1.82, 2.24) is 44.6 Å².